The summed E-state index contributed by atoms with van der Waals surface area (Å²) in [4.78, 5) is 11.7. The van der Waals surface area contributed by atoms with Gasteiger partial charge in [0.2, 0.25) is 5.91 Å². The second-order valence-electron chi connectivity index (χ2n) is 4.65. The lowest BCUT2D eigenvalue weighted by Crippen LogP contribution is -2.37. The fourth-order valence-electron chi connectivity index (χ4n) is 1.65. The zero-order valence-electron chi connectivity index (χ0n) is 11.2. The molecule has 2 atom stereocenters. The minimum absolute atomic E-state index is 0.00568. The molecule has 2 unspecified atom stereocenters. The second kappa shape index (κ2) is 7.11. The van der Waals surface area contributed by atoms with E-state index in [0.717, 1.165) is 5.56 Å². The summed E-state index contributed by atoms with van der Waals surface area (Å²) in [6.45, 7) is 4.53. The Balaban J connectivity index is 2.44. The van der Waals surface area contributed by atoms with Gasteiger partial charge in [-0.2, -0.15) is 0 Å². The lowest BCUT2D eigenvalue weighted by Gasteiger charge is -2.14. The molecule has 1 rings (SSSR count). The van der Waals surface area contributed by atoms with E-state index in [0.29, 0.717) is 13.0 Å². The summed E-state index contributed by atoms with van der Waals surface area (Å²) in [5.74, 6) is -0.247. The normalized spacial score (nSPS) is 14.0. The summed E-state index contributed by atoms with van der Waals surface area (Å²) in [5.41, 5.74) is 0.854. The van der Waals surface area contributed by atoms with Gasteiger partial charge in [-0.3, -0.25) is 4.79 Å². The van der Waals surface area contributed by atoms with Crippen LogP contribution in [0.5, 0.6) is 0 Å². The van der Waals surface area contributed by atoms with Crippen LogP contribution in [0.25, 0.3) is 0 Å². The standard InChI is InChI=1S/C14H21FN2O/c1-10(12-5-4-6-13(15)8-12)7-14(18)17-9-11(2)16-3/h4-6,8,10-11,16H,7,9H2,1-3H3,(H,17,18). The number of carbonyl (C=O) groups excluding carboxylic acids is 1. The first-order chi connectivity index (χ1) is 8.52. The first-order valence-corrected chi connectivity index (χ1v) is 6.22. The molecule has 0 saturated carbocycles. The van der Waals surface area contributed by atoms with E-state index in [4.69, 9.17) is 0 Å². The third kappa shape index (κ3) is 4.84. The minimum atomic E-state index is -0.261. The number of benzene rings is 1. The second-order valence-corrected chi connectivity index (χ2v) is 4.65. The van der Waals surface area contributed by atoms with Gasteiger partial charge in [0.1, 0.15) is 5.82 Å². The molecule has 0 aliphatic rings. The molecule has 0 bridgehead atoms. The molecule has 0 heterocycles. The third-order valence-electron chi connectivity index (χ3n) is 3.01. The van der Waals surface area contributed by atoms with Gasteiger partial charge in [0.25, 0.3) is 0 Å². The Morgan fingerprint density at radius 1 is 1.39 bits per heavy atom. The minimum Gasteiger partial charge on any atom is -0.355 e. The Labute approximate surface area is 108 Å². The van der Waals surface area contributed by atoms with Crippen molar-refractivity contribution in [1.29, 1.82) is 0 Å². The Kier molecular flexibility index (Phi) is 5.78. The number of nitrogens with one attached hydrogen (secondary N) is 2. The van der Waals surface area contributed by atoms with Crippen molar-refractivity contribution >= 4 is 5.91 Å². The van der Waals surface area contributed by atoms with Gasteiger partial charge in [-0.05, 0) is 37.6 Å². The van der Waals surface area contributed by atoms with E-state index in [2.05, 4.69) is 10.6 Å². The smallest absolute Gasteiger partial charge is 0.220 e. The first-order valence-electron chi connectivity index (χ1n) is 6.22. The molecule has 0 aliphatic heterocycles. The monoisotopic (exact) mass is 252 g/mol. The van der Waals surface area contributed by atoms with Crippen molar-refractivity contribution in [2.75, 3.05) is 13.6 Å². The van der Waals surface area contributed by atoms with Crippen LogP contribution in [-0.2, 0) is 4.79 Å². The molecule has 0 saturated heterocycles. The maximum atomic E-state index is 13.1. The molecule has 0 radical (unpaired) electrons. The van der Waals surface area contributed by atoms with Crippen LogP contribution in [-0.4, -0.2) is 25.5 Å². The van der Waals surface area contributed by atoms with E-state index in [1.807, 2.05) is 27.0 Å². The molecule has 18 heavy (non-hydrogen) atoms. The molecule has 0 aliphatic carbocycles. The van der Waals surface area contributed by atoms with Gasteiger partial charge in [0.15, 0.2) is 0 Å². The summed E-state index contributed by atoms with van der Waals surface area (Å²) in [7, 11) is 1.85. The number of halogens is 1. The van der Waals surface area contributed by atoms with Crippen molar-refractivity contribution in [3.05, 3.63) is 35.6 Å². The van der Waals surface area contributed by atoms with Gasteiger partial charge in [-0.1, -0.05) is 19.1 Å². The van der Waals surface area contributed by atoms with E-state index in [9.17, 15) is 9.18 Å². The van der Waals surface area contributed by atoms with Crippen LogP contribution < -0.4 is 10.6 Å². The van der Waals surface area contributed by atoms with Crippen LogP contribution in [0.15, 0.2) is 24.3 Å². The average Bonchev–Trinajstić information content (AvgIpc) is 2.35. The molecule has 0 spiro atoms. The summed E-state index contributed by atoms with van der Waals surface area (Å²) in [6.07, 6.45) is 0.375. The fourth-order valence-corrected chi connectivity index (χ4v) is 1.65. The molecule has 1 aromatic carbocycles. The van der Waals surface area contributed by atoms with Crippen molar-refractivity contribution in [3.63, 3.8) is 0 Å². The van der Waals surface area contributed by atoms with Crippen molar-refractivity contribution in [2.24, 2.45) is 0 Å². The predicted molar refractivity (Wildman–Crippen MR) is 71.0 cm³/mol. The summed E-state index contributed by atoms with van der Waals surface area (Å²) >= 11 is 0. The summed E-state index contributed by atoms with van der Waals surface area (Å²) in [6, 6.07) is 6.65. The maximum Gasteiger partial charge on any atom is 0.220 e. The van der Waals surface area contributed by atoms with Gasteiger partial charge in [0.05, 0.1) is 0 Å². The summed E-state index contributed by atoms with van der Waals surface area (Å²) < 4.78 is 13.1. The maximum absolute atomic E-state index is 13.1. The van der Waals surface area contributed by atoms with Crippen molar-refractivity contribution in [1.82, 2.24) is 10.6 Å². The highest BCUT2D eigenvalue weighted by molar-refractivity contribution is 5.76. The van der Waals surface area contributed by atoms with E-state index >= 15 is 0 Å². The van der Waals surface area contributed by atoms with E-state index in [-0.39, 0.29) is 23.7 Å². The fraction of sp³-hybridized carbons (Fsp3) is 0.500. The number of likely N-dealkylation sites (N-methyl/N-ethyl adjacent to an activating group) is 1. The molecule has 3 nitrogen and oxygen atoms in total. The number of rotatable bonds is 6. The third-order valence-corrected chi connectivity index (χ3v) is 3.01. The van der Waals surface area contributed by atoms with E-state index in [1.165, 1.54) is 12.1 Å². The molecule has 4 heteroatoms. The Hall–Kier alpha value is -1.42. The number of carbonyl (C=O) groups is 1. The van der Waals surface area contributed by atoms with Crippen LogP contribution >= 0.6 is 0 Å². The van der Waals surface area contributed by atoms with Crippen LogP contribution in [0.4, 0.5) is 4.39 Å². The molecule has 1 amide bonds. The molecule has 0 fully saturated rings. The molecular weight excluding hydrogens is 231 g/mol. The number of hydrogen-bond donors (Lipinski definition) is 2. The van der Waals surface area contributed by atoms with Gasteiger partial charge < -0.3 is 10.6 Å². The largest absolute Gasteiger partial charge is 0.355 e. The number of hydrogen-bond acceptors (Lipinski definition) is 2. The SMILES string of the molecule is CNC(C)CNC(=O)CC(C)c1cccc(F)c1. The van der Waals surface area contributed by atoms with E-state index in [1.54, 1.807) is 6.07 Å². The molecule has 2 N–H and O–H groups in total. The Morgan fingerprint density at radius 2 is 2.11 bits per heavy atom. The highest BCUT2D eigenvalue weighted by atomic mass is 19.1. The number of amides is 1. The van der Waals surface area contributed by atoms with Crippen LogP contribution in [0.2, 0.25) is 0 Å². The van der Waals surface area contributed by atoms with Gasteiger partial charge in [0, 0.05) is 19.0 Å². The molecule has 1 aromatic rings. The van der Waals surface area contributed by atoms with Crippen molar-refractivity contribution in [2.45, 2.75) is 32.2 Å². The van der Waals surface area contributed by atoms with Gasteiger partial charge >= 0.3 is 0 Å². The highest BCUT2D eigenvalue weighted by Crippen LogP contribution is 2.19. The first kappa shape index (κ1) is 14.6. The zero-order valence-corrected chi connectivity index (χ0v) is 11.2. The quantitative estimate of drug-likeness (QED) is 0.813. The van der Waals surface area contributed by atoms with Crippen molar-refractivity contribution in [3.8, 4) is 0 Å². The average molecular weight is 252 g/mol. The van der Waals surface area contributed by atoms with Crippen LogP contribution in [0, 0.1) is 5.82 Å². The lowest BCUT2D eigenvalue weighted by molar-refractivity contribution is -0.121. The lowest BCUT2D eigenvalue weighted by atomic mass is 9.97. The molecular formula is C14H21FN2O. The molecule has 100 valence electrons. The highest BCUT2D eigenvalue weighted by Gasteiger charge is 2.12. The Morgan fingerprint density at radius 3 is 2.72 bits per heavy atom. The topological polar surface area (TPSA) is 41.1 Å². The Bertz CT molecular complexity index is 395. The van der Waals surface area contributed by atoms with Gasteiger partial charge in [-0.15, -0.1) is 0 Å². The molecule has 0 aromatic heterocycles. The summed E-state index contributed by atoms with van der Waals surface area (Å²) in [5, 5.41) is 5.90. The zero-order chi connectivity index (χ0) is 13.5. The van der Waals surface area contributed by atoms with Crippen LogP contribution in [0.1, 0.15) is 31.7 Å². The van der Waals surface area contributed by atoms with Gasteiger partial charge in [-0.25, -0.2) is 4.39 Å². The van der Waals surface area contributed by atoms with E-state index < -0.39 is 0 Å². The van der Waals surface area contributed by atoms with Crippen molar-refractivity contribution < 1.29 is 9.18 Å². The predicted octanol–water partition coefficient (Wildman–Crippen LogP) is 2.04. The van der Waals surface area contributed by atoms with Crippen LogP contribution in [0.3, 0.4) is 0 Å².